The Bertz CT molecular complexity index is 752. The van der Waals surface area contributed by atoms with E-state index in [-0.39, 0.29) is 19.1 Å². The van der Waals surface area contributed by atoms with Gasteiger partial charge in [-0.25, -0.2) is 0 Å². The number of aliphatic hydroxyl groups excluding tert-OH is 1. The molecule has 1 aliphatic heterocycles. The van der Waals surface area contributed by atoms with Gasteiger partial charge in [0.25, 0.3) is 0 Å². The third-order valence-electron chi connectivity index (χ3n) is 3.76. The zero-order chi connectivity index (χ0) is 19.3. The van der Waals surface area contributed by atoms with Gasteiger partial charge in [-0.3, -0.25) is 0 Å². The molecule has 9 heteroatoms. The van der Waals surface area contributed by atoms with Crippen molar-refractivity contribution in [2.45, 2.75) is 19.0 Å². The van der Waals surface area contributed by atoms with E-state index in [4.69, 9.17) is 14.2 Å². The Labute approximate surface area is 153 Å². The maximum atomic E-state index is 12.1. The standard InChI is InChI=1S/C18H18F3NO5/c19-18(20,21)27-15-4-2-14(3-5-15)24-10-13(23)9-22-8-12-1-6-16-17(7-12)26-11-25-16/h1-7,13,22-23H,8-11H2/p+1/t13-/m1/s1. The van der Waals surface area contributed by atoms with Crippen LogP contribution in [0.15, 0.2) is 42.5 Å². The first-order valence-electron chi connectivity index (χ1n) is 8.26. The first kappa shape index (κ1) is 19.1. The number of ether oxygens (including phenoxy) is 4. The average Bonchev–Trinajstić information content (AvgIpc) is 3.07. The fourth-order valence-electron chi connectivity index (χ4n) is 2.51. The average molecular weight is 386 g/mol. The van der Waals surface area contributed by atoms with Crippen LogP contribution in [0.3, 0.4) is 0 Å². The van der Waals surface area contributed by atoms with Gasteiger partial charge in [-0.15, -0.1) is 13.2 Å². The van der Waals surface area contributed by atoms with E-state index in [0.29, 0.717) is 24.6 Å². The van der Waals surface area contributed by atoms with Crippen molar-refractivity contribution in [2.24, 2.45) is 0 Å². The fraction of sp³-hybridized carbons (Fsp3) is 0.333. The van der Waals surface area contributed by atoms with Crippen LogP contribution in [0.25, 0.3) is 0 Å². The van der Waals surface area contributed by atoms with Crippen molar-refractivity contribution in [1.29, 1.82) is 0 Å². The topological polar surface area (TPSA) is 73.8 Å². The Hall–Kier alpha value is -2.65. The summed E-state index contributed by atoms with van der Waals surface area (Å²) in [5.74, 6) is 1.45. The van der Waals surface area contributed by atoms with Gasteiger partial charge in [0, 0.05) is 5.56 Å². The molecule has 0 saturated heterocycles. The number of hydrogen-bond donors (Lipinski definition) is 2. The van der Waals surface area contributed by atoms with Gasteiger partial charge in [-0.05, 0) is 42.5 Å². The molecule has 0 amide bonds. The van der Waals surface area contributed by atoms with Gasteiger partial charge in [-0.1, -0.05) is 0 Å². The maximum absolute atomic E-state index is 12.1. The smallest absolute Gasteiger partial charge is 0.491 e. The molecule has 3 N–H and O–H groups in total. The van der Waals surface area contributed by atoms with E-state index in [9.17, 15) is 18.3 Å². The molecular formula is C18H19F3NO5+. The van der Waals surface area contributed by atoms with Crippen molar-refractivity contribution in [3.8, 4) is 23.0 Å². The Kier molecular flexibility index (Phi) is 5.92. The van der Waals surface area contributed by atoms with Crippen LogP contribution in [0.4, 0.5) is 13.2 Å². The van der Waals surface area contributed by atoms with E-state index in [1.54, 1.807) is 0 Å². The molecule has 6 nitrogen and oxygen atoms in total. The van der Waals surface area contributed by atoms with Crippen molar-refractivity contribution in [3.05, 3.63) is 48.0 Å². The molecular weight excluding hydrogens is 367 g/mol. The number of alkyl halides is 3. The minimum atomic E-state index is -4.73. The Morgan fingerprint density at radius 1 is 1.04 bits per heavy atom. The molecule has 0 bridgehead atoms. The number of quaternary nitrogens is 1. The molecule has 0 unspecified atom stereocenters. The lowest BCUT2D eigenvalue weighted by atomic mass is 10.2. The van der Waals surface area contributed by atoms with Crippen LogP contribution in [0, 0.1) is 0 Å². The van der Waals surface area contributed by atoms with E-state index >= 15 is 0 Å². The predicted octanol–water partition coefficient (Wildman–Crippen LogP) is 1.82. The highest BCUT2D eigenvalue weighted by Crippen LogP contribution is 2.32. The molecule has 0 aromatic heterocycles. The van der Waals surface area contributed by atoms with E-state index in [0.717, 1.165) is 23.4 Å². The van der Waals surface area contributed by atoms with Gasteiger partial charge >= 0.3 is 6.36 Å². The first-order chi connectivity index (χ1) is 12.9. The molecule has 27 heavy (non-hydrogen) atoms. The van der Waals surface area contributed by atoms with E-state index < -0.39 is 12.5 Å². The van der Waals surface area contributed by atoms with Crippen LogP contribution in [0.1, 0.15) is 5.56 Å². The molecule has 2 aromatic carbocycles. The van der Waals surface area contributed by atoms with Crippen molar-refractivity contribution < 1.29 is 42.5 Å². The number of benzene rings is 2. The van der Waals surface area contributed by atoms with Crippen LogP contribution in [0.2, 0.25) is 0 Å². The second-order valence-electron chi connectivity index (χ2n) is 5.90. The molecule has 2 aromatic rings. The Morgan fingerprint density at radius 3 is 2.48 bits per heavy atom. The van der Waals surface area contributed by atoms with Gasteiger partial charge in [0.1, 0.15) is 37.3 Å². The Balaban J connectivity index is 1.37. The summed E-state index contributed by atoms with van der Waals surface area (Å²) in [5, 5.41) is 11.9. The summed E-state index contributed by atoms with van der Waals surface area (Å²) in [6, 6.07) is 10.7. The molecule has 1 heterocycles. The van der Waals surface area contributed by atoms with Gasteiger partial charge in [0.15, 0.2) is 11.5 Å². The molecule has 1 aliphatic rings. The number of fused-ring (bicyclic) bond motifs is 1. The predicted molar refractivity (Wildman–Crippen MR) is 87.7 cm³/mol. The molecule has 0 aliphatic carbocycles. The number of aliphatic hydroxyl groups is 1. The van der Waals surface area contributed by atoms with Crippen LogP contribution in [0.5, 0.6) is 23.0 Å². The highest BCUT2D eigenvalue weighted by Gasteiger charge is 2.31. The summed E-state index contributed by atoms with van der Waals surface area (Å²) in [7, 11) is 0. The third-order valence-corrected chi connectivity index (χ3v) is 3.76. The lowest BCUT2D eigenvalue weighted by molar-refractivity contribution is -0.676. The van der Waals surface area contributed by atoms with Gasteiger partial charge < -0.3 is 29.4 Å². The lowest BCUT2D eigenvalue weighted by Crippen LogP contribution is -2.85. The SMILES string of the molecule is O[C@H](C[NH2+]Cc1ccc2c(c1)OCO2)COc1ccc(OC(F)(F)F)cc1. The van der Waals surface area contributed by atoms with Crippen molar-refractivity contribution in [1.82, 2.24) is 0 Å². The summed E-state index contributed by atoms with van der Waals surface area (Å²) >= 11 is 0. The quantitative estimate of drug-likeness (QED) is 0.724. The fourth-order valence-corrected chi connectivity index (χ4v) is 2.51. The normalized spacial score (nSPS) is 14.1. The van der Waals surface area contributed by atoms with E-state index in [2.05, 4.69) is 4.74 Å². The van der Waals surface area contributed by atoms with Crippen molar-refractivity contribution in [3.63, 3.8) is 0 Å². The third kappa shape index (κ3) is 5.93. The first-order valence-corrected chi connectivity index (χ1v) is 8.26. The van der Waals surface area contributed by atoms with Crippen LogP contribution in [-0.4, -0.2) is 37.5 Å². The summed E-state index contributed by atoms with van der Waals surface area (Å²) < 4.78 is 56.0. The van der Waals surface area contributed by atoms with Gasteiger partial charge in [-0.2, -0.15) is 0 Å². The molecule has 3 rings (SSSR count). The minimum absolute atomic E-state index is 0.0249. The molecule has 146 valence electrons. The zero-order valence-electron chi connectivity index (χ0n) is 14.2. The number of rotatable bonds is 8. The van der Waals surface area contributed by atoms with Gasteiger partial charge in [0.2, 0.25) is 6.79 Å². The summed E-state index contributed by atoms with van der Waals surface area (Å²) in [6.45, 7) is 1.31. The number of hydrogen-bond acceptors (Lipinski definition) is 5. The van der Waals surface area contributed by atoms with Crippen LogP contribution in [-0.2, 0) is 6.54 Å². The van der Waals surface area contributed by atoms with E-state index in [1.165, 1.54) is 12.1 Å². The summed E-state index contributed by atoms with van der Waals surface area (Å²) in [6.07, 6.45) is -5.46. The number of nitrogens with two attached hydrogens (primary N) is 1. The van der Waals surface area contributed by atoms with Gasteiger partial charge in [0.05, 0.1) is 0 Å². The minimum Gasteiger partial charge on any atom is -0.491 e. The molecule has 1 atom stereocenters. The molecule has 0 saturated carbocycles. The zero-order valence-corrected chi connectivity index (χ0v) is 14.2. The largest absolute Gasteiger partial charge is 0.573 e. The maximum Gasteiger partial charge on any atom is 0.573 e. The van der Waals surface area contributed by atoms with Crippen LogP contribution >= 0.6 is 0 Å². The Morgan fingerprint density at radius 2 is 1.74 bits per heavy atom. The van der Waals surface area contributed by atoms with E-state index in [1.807, 2.05) is 23.5 Å². The van der Waals surface area contributed by atoms with Crippen LogP contribution < -0.4 is 24.3 Å². The molecule has 0 radical (unpaired) electrons. The van der Waals surface area contributed by atoms with Crippen molar-refractivity contribution >= 4 is 0 Å². The number of halogens is 3. The highest BCUT2D eigenvalue weighted by molar-refractivity contribution is 5.44. The lowest BCUT2D eigenvalue weighted by Gasteiger charge is -2.13. The summed E-state index contributed by atoms with van der Waals surface area (Å²) in [4.78, 5) is 0. The monoisotopic (exact) mass is 386 g/mol. The second kappa shape index (κ2) is 8.36. The molecule has 0 spiro atoms. The molecule has 0 fully saturated rings. The highest BCUT2D eigenvalue weighted by atomic mass is 19.4. The van der Waals surface area contributed by atoms with Crippen molar-refractivity contribution in [2.75, 3.05) is 19.9 Å². The summed E-state index contributed by atoms with van der Waals surface area (Å²) in [5.41, 5.74) is 1.03. The second-order valence-corrected chi connectivity index (χ2v) is 5.90.